The van der Waals surface area contributed by atoms with Crippen molar-refractivity contribution >= 4 is 53.0 Å². The highest BCUT2D eigenvalue weighted by Crippen LogP contribution is 2.23. The average Bonchev–Trinajstić information content (AvgIpc) is 3.16. The second-order valence-electron chi connectivity index (χ2n) is 4.40. The molecular weight excluding hydrogens is 419 g/mol. The lowest BCUT2D eigenvalue weighted by atomic mass is 10.4. The summed E-state index contributed by atoms with van der Waals surface area (Å²) in [4.78, 5) is 12.0. The molecule has 0 radical (unpaired) electrons. The second kappa shape index (κ2) is 8.04. The summed E-state index contributed by atoms with van der Waals surface area (Å²) < 4.78 is 5.46. The third kappa shape index (κ3) is 4.36. The first kappa shape index (κ1) is 16.6. The standard InChI is InChI=1S/C13H16N4OS2.HI/c14-13(17-3-6-19-7-4-17)15-8-10-9-18-12(16-10)11-2-1-5-20-11;/h1-2,5,9H,3-4,6-8H2,(H2,14,15);1H. The molecule has 1 aliphatic heterocycles. The molecule has 0 aliphatic carbocycles. The van der Waals surface area contributed by atoms with Crippen LogP contribution in [0.1, 0.15) is 5.69 Å². The highest BCUT2D eigenvalue weighted by atomic mass is 127. The Kier molecular flexibility index (Phi) is 6.37. The van der Waals surface area contributed by atoms with Crippen molar-refractivity contribution in [1.82, 2.24) is 9.88 Å². The minimum atomic E-state index is 0. The van der Waals surface area contributed by atoms with Gasteiger partial charge in [0.25, 0.3) is 0 Å². The Morgan fingerprint density at radius 1 is 1.43 bits per heavy atom. The summed E-state index contributed by atoms with van der Waals surface area (Å²) in [6, 6.07) is 3.97. The van der Waals surface area contributed by atoms with Gasteiger partial charge in [-0.2, -0.15) is 11.8 Å². The largest absolute Gasteiger partial charge is 0.443 e. The molecule has 2 aromatic rings. The Hall–Kier alpha value is -0.740. The van der Waals surface area contributed by atoms with Crippen LogP contribution in [0, 0.1) is 0 Å². The summed E-state index contributed by atoms with van der Waals surface area (Å²) in [7, 11) is 0. The predicted octanol–water partition coefficient (Wildman–Crippen LogP) is 2.88. The molecule has 3 heterocycles. The van der Waals surface area contributed by atoms with Crippen LogP contribution in [-0.2, 0) is 6.54 Å². The zero-order chi connectivity index (χ0) is 13.8. The number of hydrogen-bond donors (Lipinski definition) is 1. The topological polar surface area (TPSA) is 67.6 Å². The van der Waals surface area contributed by atoms with E-state index in [1.165, 1.54) is 0 Å². The molecule has 0 spiro atoms. The van der Waals surface area contributed by atoms with Gasteiger partial charge in [0, 0.05) is 24.6 Å². The van der Waals surface area contributed by atoms with Gasteiger partial charge in [-0.1, -0.05) is 6.07 Å². The number of nitrogens with two attached hydrogens (primary N) is 1. The third-order valence-electron chi connectivity index (χ3n) is 3.02. The minimum absolute atomic E-state index is 0. The van der Waals surface area contributed by atoms with E-state index in [1.807, 2.05) is 29.3 Å². The first-order valence-electron chi connectivity index (χ1n) is 6.44. The van der Waals surface area contributed by atoms with E-state index in [4.69, 9.17) is 10.2 Å². The average molecular weight is 436 g/mol. The quantitative estimate of drug-likeness (QED) is 0.456. The first-order valence-corrected chi connectivity index (χ1v) is 8.47. The second-order valence-corrected chi connectivity index (χ2v) is 6.57. The van der Waals surface area contributed by atoms with Crippen LogP contribution in [0.3, 0.4) is 0 Å². The molecule has 0 unspecified atom stereocenters. The molecule has 1 aliphatic rings. The Morgan fingerprint density at radius 2 is 2.24 bits per heavy atom. The normalized spacial score (nSPS) is 15.8. The summed E-state index contributed by atoms with van der Waals surface area (Å²) in [5, 5.41) is 2.00. The van der Waals surface area contributed by atoms with Crippen molar-refractivity contribution < 1.29 is 4.42 Å². The first-order chi connectivity index (χ1) is 9.83. The molecule has 114 valence electrons. The molecule has 1 fully saturated rings. The number of halogens is 1. The van der Waals surface area contributed by atoms with Crippen LogP contribution in [-0.4, -0.2) is 40.4 Å². The number of rotatable bonds is 3. The van der Waals surface area contributed by atoms with Crippen LogP contribution in [0.2, 0.25) is 0 Å². The van der Waals surface area contributed by atoms with Gasteiger partial charge in [0.15, 0.2) is 5.96 Å². The van der Waals surface area contributed by atoms with Crippen molar-refractivity contribution in [2.45, 2.75) is 6.54 Å². The number of thiophene rings is 1. The van der Waals surface area contributed by atoms with Gasteiger partial charge in [0.2, 0.25) is 5.89 Å². The van der Waals surface area contributed by atoms with Gasteiger partial charge in [0.1, 0.15) is 12.0 Å². The Labute approximate surface area is 149 Å². The maximum absolute atomic E-state index is 6.01. The lowest BCUT2D eigenvalue weighted by molar-refractivity contribution is 0.455. The van der Waals surface area contributed by atoms with E-state index in [0.29, 0.717) is 18.4 Å². The van der Waals surface area contributed by atoms with Crippen LogP contribution in [0.5, 0.6) is 0 Å². The molecule has 1 saturated heterocycles. The van der Waals surface area contributed by atoms with Gasteiger partial charge in [-0.15, -0.1) is 35.3 Å². The van der Waals surface area contributed by atoms with Crippen molar-refractivity contribution in [1.29, 1.82) is 0 Å². The molecule has 0 amide bonds. The number of aromatic nitrogens is 1. The number of guanidine groups is 1. The van der Waals surface area contributed by atoms with Gasteiger partial charge in [-0.05, 0) is 11.4 Å². The lowest BCUT2D eigenvalue weighted by Gasteiger charge is -2.27. The molecule has 2 N–H and O–H groups in total. The maximum atomic E-state index is 6.01. The number of nitrogens with zero attached hydrogens (tertiary/aromatic N) is 3. The molecule has 3 rings (SSSR count). The van der Waals surface area contributed by atoms with Crippen molar-refractivity contribution in [3.8, 4) is 10.8 Å². The van der Waals surface area contributed by atoms with E-state index in [9.17, 15) is 0 Å². The molecule has 5 nitrogen and oxygen atoms in total. The van der Waals surface area contributed by atoms with Gasteiger partial charge < -0.3 is 15.1 Å². The summed E-state index contributed by atoms with van der Waals surface area (Å²) in [5.41, 5.74) is 6.82. The van der Waals surface area contributed by atoms with Crippen molar-refractivity contribution in [2.75, 3.05) is 24.6 Å². The minimum Gasteiger partial charge on any atom is -0.443 e. The Bertz CT molecular complexity index is 579. The van der Waals surface area contributed by atoms with Gasteiger partial charge >= 0.3 is 0 Å². The molecule has 0 bridgehead atoms. The molecule has 2 aromatic heterocycles. The number of hydrogen-bond acceptors (Lipinski definition) is 5. The highest BCUT2D eigenvalue weighted by Gasteiger charge is 2.12. The SMILES string of the molecule is I.NC(=NCc1coc(-c2cccs2)n1)N1CCSCC1. The van der Waals surface area contributed by atoms with Crippen LogP contribution < -0.4 is 5.73 Å². The maximum Gasteiger partial charge on any atom is 0.236 e. The fourth-order valence-corrected chi connectivity index (χ4v) is 3.51. The van der Waals surface area contributed by atoms with Crippen molar-refractivity contribution in [2.24, 2.45) is 10.7 Å². The molecular formula is C13H17IN4OS2. The summed E-state index contributed by atoms with van der Waals surface area (Å²) in [6.07, 6.45) is 1.65. The number of oxazole rings is 1. The number of aliphatic imine (C=N–C) groups is 1. The fourth-order valence-electron chi connectivity index (χ4n) is 1.95. The fraction of sp³-hybridized carbons (Fsp3) is 0.385. The summed E-state index contributed by atoms with van der Waals surface area (Å²) in [6.45, 7) is 2.41. The lowest BCUT2D eigenvalue weighted by Crippen LogP contribution is -2.42. The number of thioether (sulfide) groups is 1. The van der Waals surface area contributed by atoms with E-state index in [-0.39, 0.29) is 24.0 Å². The molecule has 8 heteroatoms. The summed E-state index contributed by atoms with van der Waals surface area (Å²) in [5.74, 6) is 3.48. The van der Waals surface area contributed by atoms with E-state index in [0.717, 1.165) is 35.2 Å². The van der Waals surface area contributed by atoms with Crippen LogP contribution in [0.15, 0.2) is 33.2 Å². The zero-order valence-electron chi connectivity index (χ0n) is 11.4. The van der Waals surface area contributed by atoms with Crippen LogP contribution in [0.4, 0.5) is 0 Å². The van der Waals surface area contributed by atoms with E-state index < -0.39 is 0 Å². The Morgan fingerprint density at radius 3 is 2.95 bits per heavy atom. The summed E-state index contributed by atoms with van der Waals surface area (Å²) >= 11 is 3.56. The van der Waals surface area contributed by atoms with Gasteiger partial charge in [0.05, 0.1) is 11.4 Å². The van der Waals surface area contributed by atoms with E-state index in [1.54, 1.807) is 17.6 Å². The third-order valence-corrected chi connectivity index (χ3v) is 4.82. The van der Waals surface area contributed by atoms with Gasteiger partial charge in [-0.25, -0.2) is 9.98 Å². The smallest absolute Gasteiger partial charge is 0.236 e. The van der Waals surface area contributed by atoms with Crippen molar-refractivity contribution in [3.05, 3.63) is 29.5 Å². The molecule has 0 saturated carbocycles. The van der Waals surface area contributed by atoms with Gasteiger partial charge in [-0.3, -0.25) is 0 Å². The van der Waals surface area contributed by atoms with E-state index in [2.05, 4.69) is 14.9 Å². The van der Waals surface area contributed by atoms with Crippen LogP contribution in [0.25, 0.3) is 10.8 Å². The highest BCUT2D eigenvalue weighted by molar-refractivity contribution is 14.0. The molecule has 0 aromatic carbocycles. The Balaban J connectivity index is 0.00000161. The predicted molar refractivity (Wildman–Crippen MR) is 99.5 cm³/mol. The molecule has 0 atom stereocenters. The van der Waals surface area contributed by atoms with E-state index >= 15 is 0 Å². The van der Waals surface area contributed by atoms with Crippen molar-refractivity contribution in [3.63, 3.8) is 0 Å². The molecule has 21 heavy (non-hydrogen) atoms. The van der Waals surface area contributed by atoms with Crippen LogP contribution >= 0.6 is 47.1 Å². The monoisotopic (exact) mass is 436 g/mol. The zero-order valence-corrected chi connectivity index (χ0v) is 15.4.